The van der Waals surface area contributed by atoms with E-state index in [2.05, 4.69) is 16.3 Å². The van der Waals surface area contributed by atoms with E-state index >= 15 is 0 Å². The molecule has 2 heterocycles. The minimum atomic E-state index is -0.637. The van der Waals surface area contributed by atoms with Crippen molar-refractivity contribution in [2.24, 2.45) is 0 Å². The third-order valence-electron chi connectivity index (χ3n) is 7.08. The van der Waals surface area contributed by atoms with Crippen molar-refractivity contribution < 1.29 is 19.4 Å². The van der Waals surface area contributed by atoms with Crippen LogP contribution in [0.5, 0.6) is 5.75 Å². The average Bonchev–Trinajstić information content (AvgIpc) is 3.64. The fourth-order valence-electron chi connectivity index (χ4n) is 5.01. The van der Waals surface area contributed by atoms with Gasteiger partial charge in [-0.2, -0.15) is 0 Å². The van der Waals surface area contributed by atoms with Crippen LogP contribution < -0.4 is 4.74 Å². The van der Waals surface area contributed by atoms with Crippen LogP contribution in [0.4, 0.5) is 0 Å². The summed E-state index contributed by atoms with van der Waals surface area (Å²) in [6.07, 6.45) is 2.38. The highest BCUT2D eigenvalue weighted by atomic mass is 32.1. The van der Waals surface area contributed by atoms with E-state index < -0.39 is 6.10 Å². The fourth-order valence-corrected chi connectivity index (χ4v) is 5.94. The fraction of sp³-hybridized carbons (Fsp3) is 0.433. The summed E-state index contributed by atoms with van der Waals surface area (Å²) in [5.74, 6) is 0.923. The number of fused-ring (bicyclic) bond motifs is 1. The van der Waals surface area contributed by atoms with E-state index in [1.165, 1.54) is 10.4 Å². The van der Waals surface area contributed by atoms with Gasteiger partial charge in [-0.05, 0) is 66.5 Å². The summed E-state index contributed by atoms with van der Waals surface area (Å²) in [5, 5.41) is 12.8. The number of aliphatic hydroxyl groups is 1. The molecule has 1 aromatic heterocycles. The van der Waals surface area contributed by atoms with E-state index in [4.69, 9.17) is 9.47 Å². The Balaban J connectivity index is 1.19. The first-order valence-corrected chi connectivity index (χ1v) is 14.0. The molecular formula is C30H36N2O4S. The van der Waals surface area contributed by atoms with Gasteiger partial charge >= 0.3 is 0 Å². The summed E-state index contributed by atoms with van der Waals surface area (Å²) in [6.45, 7) is 4.64. The van der Waals surface area contributed by atoms with Crippen LogP contribution in [0, 0.1) is 6.92 Å². The summed E-state index contributed by atoms with van der Waals surface area (Å²) in [7, 11) is 0. The number of carbonyl (C=O) groups excluding carboxylic acids is 1. The number of thiophene rings is 1. The van der Waals surface area contributed by atoms with Crippen LogP contribution in [-0.2, 0) is 22.6 Å². The standard InChI is InChI=1S/C30H36N2O4S/c1-22-6-5-9-26(16-22)36-21-28-27-13-15-37-29(27)12-14-32(28)30(34)18-31(24-10-11-24)17-25(33)20-35-19-23-7-3-2-4-8-23/h2-9,13,15-16,24-25,28,33H,10-12,14,17-21H2,1H3/t25-,28+/m0/s1. The number of benzene rings is 2. The normalized spacial score (nSPS) is 18.0. The Morgan fingerprint density at radius 3 is 2.78 bits per heavy atom. The first kappa shape index (κ1) is 25.9. The van der Waals surface area contributed by atoms with E-state index in [0.717, 1.165) is 36.1 Å². The highest BCUT2D eigenvalue weighted by Crippen LogP contribution is 2.35. The maximum atomic E-state index is 13.6. The smallest absolute Gasteiger partial charge is 0.237 e. The van der Waals surface area contributed by atoms with Crippen molar-refractivity contribution in [2.75, 3.05) is 32.8 Å². The molecule has 196 valence electrons. The largest absolute Gasteiger partial charge is 0.491 e. The molecule has 0 radical (unpaired) electrons. The molecule has 5 rings (SSSR count). The maximum Gasteiger partial charge on any atom is 0.237 e. The van der Waals surface area contributed by atoms with Gasteiger partial charge in [0, 0.05) is 24.0 Å². The zero-order valence-electron chi connectivity index (χ0n) is 21.4. The van der Waals surface area contributed by atoms with Crippen molar-refractivity contribution in [1.29, 1.82) is 0 Å². The van der Waals surface area contributed by atoms with Gasteiger partial charge in [-0.3, -0.25) is 9.69 Å². The molecule has 0 spiro atoms. The predicted molar refractivity (Wildman–Crippen MR) is 146 cm³/mol. The zero-order valence-corrected chi connectivity index (χ0v) is 22.2. The van der Waals surface area contributed by atoms with Crippen LogP contribution in [0.15, 0.2) is 66.0 Å². The van der Waals surface area contributed by atoms with E-state index in [9.17, 15) is 9.90 Å². The number of hydrogen-bond donors (Lipinski definition) is 1. The van der Waals surface area contributed by atoms with Gasteiger partial charge in [-0.15, -0.1) is 11.3 Å². The molecule has 6 nitrogen and oxygen atoms in total. The second kappa shape index (κ2) is 12.2. The van der Waals surface area contributed by atoms with Crippen LogP contribution in [0.2, 0.25) is 0 Å². The quantitative estimate of drug-likeness (QED) is 0.378. The Morgan fingerprint density at radius 1 is 1.16 bits per heavy atom. The second-order valence-electron chi connectivity index (χ2n) is 10.1. The molecule has 7 heteroatoms. The van der Waals surface area contributed by atoms with Crippen molar-refractivity contribution in [1.82, 2.24) is 9.80 Å². The van der Waals surface area contributed by atoms with Crippen LogP contribution in [0.25, 0.3) is 0 Å². The summed E-state index contributed by atoms with van der Waals surface area (Å²) in [6, 6.07) is 20.4. The zero-order chi connectivity index (χ0) is 25.6. The summed E-state index contributed by atoms with van der Waals surface area (Å²) in [4.78, 5) is 19.1. The first-order chi connectivity index (χ1) is 18.1. The molecule has 1 aliphatic carbocycles. The van der Waals surface area contributed by atoms with Crippen LogP contribution in [0.1, 0.15) is 40.5 Å². The van der Waals surface area contributed by atoms with Crippen molar-refractivity contribution in [3.8, 4) is 5.75 Å². The Hall–Kier alpha value is -2.71. The molecule has 1 N–H and O–H groups in total. The number of nitrogens with zero attached hydrogens (tertiary/aromatic N) is 2. The van der Waals surface area contributed by atoms with E-state index in [1.807, 2.05) is 66.4 Å². The van der Waals surface area contributed by atoms with Crippen molar-refractivity contribution in [3.63, 3.8) is 0 Å². The van der Waals surface area contributed by atoms with Crippen LogP contribution >= 0.6 is 11.3 Å². The van der Waals surface area contributed by atoms with Crippen LogP contribution in [0.3, 0.4) is 0 Å². The van der Waals surface area contributed by atoms with Crippen molar-refractivity contribution in [2.45, 2.75) is 51.0 Å². The van der Waals surface area contributed by atoms with Crippen LogP contribution in [-0.4, -0.2) is 65.8 Å². The van der Waals surface area contributed by atoms with Gasteiger partial charge in [0.25, 0.3) is 0 Å². The lowest BCUT2D eigenvalue weighted by atomic mass is 10.0. The van der Waals surface area contributed by atoms with Crippen molar-refractivity contribution >= 4 is 17.2 Å². The molecule has 2 aromatic carbocycles. The Bertz CT molecular complexity index is 1160. The number of aryl methyl sites for hydroxylation is 1. The van der Waals surface area contributed by atoms with Gasteiger partial charge in [-0.25, -0.2) is 0 Å². The van der Waals surface area contributed by atoms with Gasteiger partial charge < -0.3 is 19.5 Å². The second-order valence-corrected chi connectivity index (χ2v) is 11.1. The summed E-state index contributed by atoms with van der Waals surface area (Å²) < 4.78 is 11.9. The summed E-state index contributed by atoms with van der Waals surface area (Å²) >= 11 is 1.76. The predicted octanol–water partition coefficient (Wildman–Crippen LogP) is 4.60. The number of rotatable bonds is 12. The van der Waals surface area contributed by atoms with Gasteiger partial charge in [0.1, 0.15) is 12.4 Å². The lowest BCUT2D eigenvalue weighted by Crippen LogP contribution is -2.48. The number of carbonyl (C=O) groups is 1. The van der Waals surface area contributed by atoms with Gasteiger partial charge in [0.2, 0.25) is 5.91 Å². The molecule has 1 aliphatic heterocycles. The lowest BCUT2D eigenvalue weighted by molar-refractivity contribution is -0.136. The van der Waals surface area contributed by atoms with E-state index in [1.54, 1.807) is 11.3 Å². The minimum absolute atomic E-state index is 0.0963. The average molecular weight is 521 g/mol. The lowest BCUT2D eigenvalue weighted by Gasteiger charge is -2.37. The molecule has 2 aliphatic rings. The number of hydrogen-bond acceptors (Lipinski definition) is 6. The molecule has 0 unspecified atom stereocenters. The Morgan fingerprint density at radius 2 is 2.00 bits per heavy atom. The monoisotopic (exact) mass is 520 g/mol. The molecule has 1 amide bonds. The topological polar surface area (TPSA) is 62.2 Å². The minimum Gasteiger partial charge on any atom is -0.491 e. The molecule has 0 saturated heterocycles. The molecule has 1 saturated carbocycles. The van der Waals surface area contributed by atoms with E-state index in [0.29, 0.717) is 38.9 Å². The third kappa shape index (κ3) is 6.99. The third-order valence-corrected chi connectivity index (χ3v) is 8.08. The molecular weight excluding hydrogens is 484 g/mol. The Kier molecular flexibility index (Phi) is 8.56. The number of amides is 1. The Labute approximate surface area is 223 Å². The first-order valence-electron chi connectivity index (χ1n) is 13.2. The maximum absolute atomic E-state index is 13.6. The van der Waals surface area contributed by atoms with Gasteiger partial charge in [-0.1, -0.05) is 42.5 Å². The molecule has 37 heavy (non-hydrogen) atoms. The number of ether oxygens (including phenoxy) is 2. The molecule has 3 aromatic rings. The summed E-state index contributed by atoms with van der Waals surface area (Å²) in [5.41, 5.74) is 3.43. The van der Waals surface area contributed by atoms with Gasteiger partial charge in [0.05, 0.1) is 31.9 Å². The van der Waals surface area contributed by atoms with Gasteiger partial charge in [0.15, 0.2) is 0 Å². The molecule has 2 atom stereocenters. The highest BCUT2D eigenvalue weighted by Gasteiger charge is 2.36. The molecule has 0 bridgehead atoms. The van der Waals surface area contributed by atoms with E-state index in [-0.39, 0.29) is 18.6 Å². The molecule has 1 fully saturated rings. The SMILES string of the molecule is Cc1cccc(OC[C@@H]2c3ccsc3CCN2C(=O)CN(C[C@H](O)COCc2ccccc2)C2CC2)c1. The number of aliphatic hydroxyl groups excluding tert-OH is 1. The highest BCUT2D eigenvalue weighted by molar-refractivity contribution is 7.10. The van der Waals surface area contributed by atoms with Crippen molar-refractivity contribution in [3.05, 3.63) is 87.6 Å².